The SMILES string of the molecule is CC[C@@H]1C[C@H](N(Cc2cc(C(F)(F)F)cc(C(F)(F)F)c2)C(=O)OC)C[C@H](CC=O)N1C(=O)OC(C)(C)C.CC[C@@H]1C[C@H](N(Cc2cc(C(F)(F)F)cc(C(F)(F)F)c2)C(=O)OC)C[C@H](Cc2ncc[nH]2)N1C(=O)OC(C)(C)C. The third-order valence-electron chi connectivity index (χ3n) is 13.0. The average Bonchev–Trinajstić information content (AvgIpc) is 3.85. The minimum Gasteiger partial charge on any atom is -0.453 e. The van der Waals surface area contributed by atoms with E-state index in [4.69, 9.17) is 18.9 Å². The Bertz CT molecular complexity index is 2480. The minimum absolute atomic E-state index is 0.0124. The highest BCUT2D eigenvalue weighted by molar-refractivity contribution is 5.72. The van der Waals surface area contributed by atoms with Crippen LogP contribution in [0.1, 0.15) is 140 Å². The van der Waals surface area contributed by atoms with Crippen molar-refractivity contribution in [1.29, 1.82) is 0 Å². The number of hydrogen-bond acceptors (Lipinski definition) is 10. The molecule has 0 spiro atoms. The van der Waals surface area contributed by atoms with Crippen molar-refractivity contribution in [2.75, 3.05) is 14.2 Å². The van der Waals surface area contributed by atoms with Gasteiger partial charge in [-0.1, -0.05) is 13.8 Å². The summed E-state index contributed by atoms with van der Waals surface area (Å²) in [6.07, 6.45) is -18.0. The van der Waals surface area contributed by atoms with E-state index in [2.05, 4.69) is 9.97 Å². The van der Waals surface area contributed by atoms with E-state index in [-0.39, 0.29) is 56.2 Å². The molecule has 2 saturated heterocycles. The van der Waals surface area contributed by atoms with Crippen LogP contribution in [0.5, 0.6) is 0 Å². The number of methoxy groups -OCH3 is 2. The van der Waals surface area contributed by atoms with E-state index in [9.17, 15) is 76.7 Å². The Labute approximate surface area is 449 Å². The zero-order valence-electron chi connectivity index (χ0n) is 45.2. The number of rotatable bonds is 12. The van der Waals surface area contributed by atoms with Gasteiger partial charge in [0.25, 0.3) is 0 Å². The highest BCUT2D eigenvalue weighted by Gasteiger charge is 2.46. The van der Waals surface area contributed by atoms with Crippen LogP contribution in [0.2, 0.25) is 0 Å². The first-order valence-electron chi connectivity index (χ1n) is 25.0. The molecule has 2 aliphatic rings. The van der Waals surface area contributed by atoms with Crippen LogP contribution < -0.4 is 0 Å². The topological polar surface area (TPSA) is 164 Å². The molecule has 0 bridgehead atoms. The van der Waals surface area contributed by atoms with Gasteiger partial charge in [0.2, 0.25) is 0 Å². The number of carbonyl (C=O) groups is 5. The third-order valence-corrected chi connectivity index (χ3v) is 13.0. The molecule has 15 nitrogen and oxygen atoms in total. The standard InChI is InChI=1S/C27H34F6N4O4.C25H32F6N2O5/c1-6-19-12-20(13-21(14-22-34-7-8-35-22)37(19)24(39)41-25(2,3)4)36(23(38)40-5)15-16-9-17(26(28,29)30)11-18(10-16)27(31,32)33;1-6-18-12-20(13-19(7-8-34)33(18)22(36)38-23(2,3)4)32(21(35)37-5)14-15-9-16(24(26,27)28)11-17(10-15)25(29,30)31/h7-11,19-21H,6,12-15H2,1-5H3,(H,34,35);8-11,18-20H,6-7,12-14H2,1-5H3/t19-,20+,21-;18-,19+,20+/m11/s1. The quantitative estimate of drug-likeness (QED) is 0.105. The van der Waals surface area contributed by atoms with Crippen LogP contribution in [0.3, 0.4) is 0 Å². The van der Waals surface area contributed by atoms with Gasteiger partial charge in [0.05, 0.1) is 36.5 Å². The summed E-state index contributed by atoms with van der Waals surface area (Å²) in [6.45, 7) is 12.6. The van der Waals surface area contributed by atoms with Crippen LogP contribution in [0.25, 0.3) is 0 Å². The number of aromatic nitrogens is 2. The number of benzene rings is 2. The second kappa shape index (κ2) is 25.8. The normalized spacial score (nSPS) is 20.3. The van der Waals surface area contributed by atoms with E-state index in [1.165, 1.54) is 11.1 Å². The first kappa shape index (κ1) is 65.1. The summed E-state index contributed by atoms with van der Waals surface area (Å²) in [6, 6.07) is -1.33. The molecule has 0 aliphatic carbocycles. The number of nitrogens with zero attached hydrogens (tertiary/aromatic N) is 5. The maximum Gasteiger partial charge on any atom is 0.416 e. The zero-order chi connectivity index (χ0) is 59.8. The van der Waals surface area contributed by atoms with Crippen molar-refractivity contribution < 1.29 is 95.6 Å². The number of carbonyl (C=O) groups excluding carboxylic acids is 5. The lowest BCUT2D eigenvalue weighted by Crippen LogP contribution is -2.58. The van der Waals surface area contributed by atoms with Crippen LogP contribution >= 0.6 is 0 Å². The van der Waals surface area contributed by atoms with Gasteiger partial charge in [-0.2, -0.15) is 52.7 Å². The van der Waals surface area contributed by atoms with Crippen molar-refractivity contribution in [3.05, 3.63) is 88.0 Å². The first-order valence-corrected chi connectivity index (χ1v) is 25.0. The van der Waals surface area contributed by atoms with Gasteiger partial charge in [-0.05, 0) is 128 Å². The maximum atomic E-state index is 13.5. The van der Waals surface area contributed by atoms with Crippen molar-refractivity contribution in [3.63, 3.8) is 0 Å². The number of ether oxygens (including phenoxy) is 4. The average molecular weight is 1150 g/mol. The molecular formula is C52H66F12N6O9. The number of piperidine rings is 2. The fourth-order valence-electron chi connectivity index (χ4n) is 9.63. The molecular weight excluding hydrogens is 1080 g/mol. The molecule has 2 aliphatic heterocycles. The van der Waals surface area contributed by atoms with Crippen molar-refractivity contribution in [2.24, 2.45) is 0 Å². The van der Waals surface area contributed by atoms with Gasteiger partial charge < -0.3 is 48.3 Å². The molecule has 3 heterocycles. The van der Waals surface area contributed by atoms with E-state index < -0.39 is 137 Å². The molecule has 442 valence electrons. The van der Waals surface area contributed by atoms with Crippen molar-refractivity contribution >= 4 is 30.7 Å². The predicted molar refractivity (Wildman–Crippen MR) is 260 cm³/mol. The minimum atomic E-state index is -5.05. The van der Waals surface area contributed by atoms with Crippen LogP contribution in [-0.4, -0.2) is 122 Å². The molecule has 1 aromatic heterocycles. The van der Waals surface area contributed by atoms with Crippen molar-refractivity contribution in [2.45, 2.75) is 192 Å². The van der Waals surface area contributed by atoms with E-state index in [1.54, 1.807) is 59.6 Å². The number of nitrogens with one attached hydrogen (secondary N) is 1. The smallest absolute Gasteiger partial charge is 0.416 e. The predicted octanol–water partition coefficient (Wildman–Crippen LogP) is 13.2. The molecule has 2 aromatic carbocycles. The highest BCUT2D eigenvalue weighted by Crippen LogP contribution is 2.41. The fraction of sp³-hybridized carbons (Fsp3) is 0.615. The summed E-state index contributed by atoms with van der Waals surface area (Å²) in [5.74, 6) is 0.552. The number of hydrogen-bond donors (Lipinski definition) is 1. The van der Waals surface area contributed by atoms with Gasteiger partial charge in [-0.3, -0.25) is 0 Å². The number of imidazole rings is 1. The van der Waals surface area contributed by atoms with Crippen LogP contribution in [-0.2, 0) is 68.0 Å². The van der Waals surface area contributed by atoms with Crippen LogP contribution in [0.4, 0.5) is 71.9 Å². The second-order valence-electron chi connectivity index (χ2n) is 21.1. The number of aromatic amines is 1. The van der Waals surface area contributed by atoms with Gasteiger partial charge in [0, 0.05) is 74.6 Å². The third kappa shape index (κ3) is 18.3. The lowest BCUT2D eigenvalue weighted by molar-refractivity contribution is -0.144. The van der Waals surface area contributed by atoms with Crippen molar-refractivity contribution in [1.82, 2.24) is 29.6 Å². The lowest BCUT2D eigenvalue weighted by Gasteiger charge is -2.47. The summed E-state index contributed by atoms with van der Waals surface area (Å²) >= 11 is 0. The molecule has 1 N–H and O–H groups in total. The summed E-state index contributed by atoms with van der Waals surface area (Å²) in [5, 5.41) is 0. The monoisotopic (exact) mass is 1150 g/mol. The van der Waals surface area contributed by atoms with E-state index in [0.29, 0.717) is 49.2 Å². The molecule has 4 amide bonds. The van der Waals surface area contributed by atoms with Gasteiger partial charge in [0.1, 0.15) is 23.3 Å². The number of alkyl halides is 12. The molecule has 6 atom stereocenters. The Morgan fingerprint density at radius 3 is 1.22 bits per heavy atom. The second-order valence-corrected chi connectivity index (χ2v) is 21.1. The molecule has 79 heavy (non-hydrogen) atoms. The molecule has 2 fully saturated rings. The Hall–Kier alpha value is -6.44. The fourth-order valence-corrected chi connectivity index (χ4v) is 9.63. The Balaban J connectivity index is 0.000000342. The number of halogens is 12. The Morgan fingerprint density at radius 1 is 0.582 bits per heavy atom. The van der Waals surface area contributed by atoms with Crippen LogP contribution in [0.15, 0.2) is 48.8 Å². The number of aldehydes is 1. The highest BCUT2D eigenvalue weighted by atomic mass is 19.4. The first-order chi connectivity index (χ1) is 36.3. The maximum absolute atomic E-state index is 13.5. The number of likely N-dealkylation sites (tertiary alicyclic amines) is 2. The molecule has 5 rings (SSSR count). The molecule has 27 heteroatoms. The van der Waals surface area contributed by atoms with E-state index in [1.807, 2.05) is 6.92 Å². The van der Waals surface area contributed by atoms with Crippen LogP contribution in [0, 0.1) is 0 Å². The number of H-pyrrole nitrogens is 1. The lowest BCUT2D eigenvalue weighted by atomic mass is 9.87. The van der Waals surface area contributed by atoms with Crippen molar-refractivity contribution in [3.8, 4) is 0 Å². The van der Waals surface area contributed by atoms with Gasteiger partial charge in [-0.25, -0.2) is 24.2 Å². The van der Waals surface area contributed by atoms with Gasteiger partial charge >= 0.3 is 49.1 Å². The molecule has 3 aromatic rings. The van der Waals surface area contributed by atoms with Gasteiger partial charge in [-0.15, -0.1) is 0 Å². The molecule has 0 saturated carbocycles. The zero-order valence-corrected chi connectivity index (χ0v) is 45.2. The van der Waals surface area contributed by atoms with E-state index >= 15 is 0 Å². The number of amides is 4. The molecule has 0 radical (unpaired) electrons. The van der Waals surface area contributed by atoms with E-state index in [0.717, 1.165) is 24.0 Å². The summed E-state index contributed by atoms with van der Waals surface area (Å²) in [7, 11) is 2.12. The largest absolute Gasteiger partial charge is 0.453 e. The summed E-state index contributed by atoms with van der Waals surface area (Å²) in [5.41, 5.74) is -8.33. The summed E-state index contributed by atoms with van der Waals surface area (Å²) in [4.78, 5) is 75.8. The Morgan fingerprint density at radius 2 is 0.924 bits per heavy atom. The molecule has 0 unspecified atom stereocenters. The summed E-state index contributed by atoms with van der Waals surface area (Å²) < 4.78 is 182. The van der Waals surface area contributed by atoms with Gasteiger partial charge in [0.15, 0.2) is 0 Å². The Kier molecular flexibility index (Phi) is 21.2.